The van der Waals surface area contributed by atoms with Gasteiger partial charge in [-0.15, -0.1) is 0 Å². The van der Waals surface area contributed by atoms with Crippen LogP contribution in [0.2, 0.25) is 20.1 Å². The Bertz CT molecular complexity index is 1550. The molecule has 2 fully saturated rings. The molecule has 0 saturated carbocycles. The number of methoxy groups -OCH3 is 2. The Kier molecular flexibility index (Phi) is 11.1. The minimum absolute atomic E-state index is 0.160. The summed E-state index contributed by atoms with van der Waals surface area (Å²) in [5.74, 6) is 3.18. The number of hydrogen-bond donors (Lipinski definition) is 0. The lowest BCUT2D eigenvalue weighted by molar-refractivity contribution is 0.137. The van der Waals surface area contributed by atoms with E-state index in [-0.39, 0.29) is 12.2 Å². The Morgan fingerprint density at radius 1 is 0.553 bits per heavy atom. The first-order valence-corrected chi connectivity index (χ1v) is 16.8. The predicted octanol–water partition coefficient (Wildman–Crippen LogP) is 9.63. The number of hydrogen-bond acceptors (Lipinski definition) is 7. The fraction of sp³-hybridized carbons (Fsp3) is 0.333. The normalized spacial score (nSPS) is 17.5. The van der Waals surface area contributed by atoms with Gasteiger partial charge in [0.15, 0.2) is 23.0 Å². The molecule has 11 heteroatoms. The lowest BCUT2D eigenvalue weighted by Crippen LogP contribution is -2.18. The van der Waals surface area contributed by atoms with Crippen molar-refractivity contribution in [3.63, 3.8) is 0 Å². The topological polar surface area (TPSA) is 64.6 Å². The summed E-state index contributed by atoms with van der Waals surface area (Å²) in [6.07, 6.45) is 1.77. The van der Waals surface area contributed by atoms with E-state index >= 15 is 0 Å². The third kappa shape index (κ3) is 7.67. The van der Waals surface area contributed by atoms with Crippen LogP contribution in [-0.4, -0.2) is 52.9 Å². The minimum Gasteiger partial charge on any atom is -0.493 e. The third-order valence-electron chi connectivity index (χ3n) is 8.20. The van der Waals surface area contributed by atoms with Crippen molar-refractivity contribution in [3.8, 4) is 34.5 Å². The molecular formula is C36H34Cl4O7. The van der Waals surface area contributed by atoms with E-state index in [4.69, 9.17) is 79.6 Å². The summed E-state index contributed by atoms with van der Waals surface area (Å²) >= 11 is 26.7. The summed E-state index contributed by atoms with van der Waals surface area (Å²) in [7, 11) is 3.21. The van der Waals surface area contributed by atoms with Crippen molar-refractivity contribution in [2.45, 2.75) is 37.9 Å². The van der Waals surface area contributed by atoms with Gasteiger partial charge >= 0.3 is 0 Å². The molecule has 4 aromatic carbocycles. The molecule has 0 aliphatic carbocycles. The van der Waals surface area contributed by atoms with Crippen LogP contribution in [0.4, 0.5) is 0 Å². The van der Waals surface area contributed by atoms with Crippen LogP contribution in [0.25, 0.3) is 0 Å². The van der Waals surface area contributed by atoms with E-state index in [1.165, 1.54) is 0 Å². The lowest BCUT2D eigenvalue weighted by atomic mass is 10.0. The van der Waals surface area contributed by atoms with Crippen molar-refractivity contribution in [2.75, 3.05) is 40.6 Å². The molecule has 2 aliphatic rings. The minimum atomic E-state index is -0.160. The molecule has 6 rings (SSSR count). The predicted molar refractivity (Wildman–Crippen MR) is 184 cm³/mol. The van der Waals surface area contributed by atoms with Crippen molar-refractivity contribution in [1.29, 1.82) is 0 Å². The Balaban J connectivity index is 1.50. The standard InChI is InChI=1S/C36H34Cl4O7/c1-41-33-11-9-31(25(35(33)45-21-13-15-43-19-21)17-23-27(37)5-3-6-28(23)38)47-32-10-12-34(42-2)36(46-22-14-16-44-20-22)26(32)18-24-29(39)7-4-8-30(24)40/h3-12,21-22H,13-20H2,1-2H3. The molecule has 0 radical (unpaired) electrons. The van der Waals surface area contributed by atoms with Crippen molar-refractivity contribution < 1.29 is 33.2 Å². The zero-order valence-corrected chi connectivity index (χ0v) is 29.0. The Hall–Kier alpha value is -3.04. The van der Waals surface area contributed by atoms with Crippen molar-refractivity contribution in [2.24, 2.45) is 0 Å². The van der Waals surface area contributed by atoms with Crippen LogP contribution in [-0.2, 0) is 22.3 Å². The Labute approximate surface area is 294 Å². The highest BCUT2D eigenvalue weighted by Gasteiger charge is 2.28. The van der Waals surface area contributed by atoms with Gasteiger partial charge in [0.25, 0.3) is 0 Å². The maximum atomic E-state index is 6.85. The Morgan fingerprint density at radius 2 is 0.936 bits per heavy atom. The molecule has 2 unspecified atom stereocenters. The zero-order valence-electron chi connectivity index (χ0n) is 26.0. The molecule has 7 nitrogen and oxygen atoms in total. The quantitative estimate of drug-likeness (QED) is 0.145. The molecule has 2 aliphatic heterocycles. The van der Waals surface area contributed by atoms with Gasteiger partial charge in [-0.1, -0.05) is 58.5 Å². The van der Waals surface area contributed by atoms with Gasteiger partial charge in [-0.2, -0.15) is 0 Å². The molecule has 2 saturated heterocycles. The van der Waals surface area contributed by atoms with E-state index < -0.39 is 0 Å². The average molecular weight is 720 g/mol. The highest BCUT2D eigenvalue weighted by Crippen LogP contribution is 2.47. The number of benzene rings is 4. The van der Waals surface area contributed by atoms with E-state index in [0.29, 0.717) is 105 Å². The van der Waals surface area contributed by atoms with Crippen LogP contribution in [0.1, 0.15) is 35.1 Å². The molecule has 0 amide bonds. The number of rotatable bonds is 12. The second-order valence-corrected chi connectivity index (χ2v) is 12.8. The molecule has 0 bridgehead atoms. The molecule has 4 aromatic rings. The fourth-order valence-electron chi connectivity index (χ4n) is 5.70. The van der Waals surface area contributed by atoms with Gasteiger partial charge in [-0.25, -0.2) is 0 Å². The van der Waals surface area contributed by atoms with Gasteiger partial charge < -0.3 is 33.2 Å². The second-order valence-electron chi connectivity index (χ2n) is 11.2. The number of halogens is 4. The summed E-state index contributed by atoms with van der Waals surface area (Å²) in [5.41, 5.74) is 2.86. The monoisotopic (exact) mass is 718 g/mol. The van der Waals surface area contributed by atoms with Crippen LogP contribution < -0.4 is 23.7 Å². The van der Waals surface area contributed by atoms with Crippen LogP contribution in [0.3, 0.4) is 0 Å². The Morgan fingerprint density at radius 3 is 1.28 bits per heavy atom. The van der Waals surface area contributed by atoms with Crippen LogP contribution >= 0.6 is 46.4 Å². The molecule has 248 valence electrons. The van der Waals surface area contributed by atoms with Crippen LogP contribution in [0.5, 0.6) is 34.5 Å². The van der Waals surface area contributed by atoms with Gasteiger partial charge in [-0.05, 0) is 59.7 Å². The first-order valence-electron chi connectivity index (χ1n) is 15.3. The van der Waals surface area contributed by atoms with Crippen LogP contribution in [0.15, 0.2) is 60.7 Å². The van der Waals surface area contributed by atoms with Gasteiger partial charge in [0.2, 0.25) is 0 Å². The fourth-order valence-corrected chi connectivity index (χ4v) is 6.76. The molecule has 2 atom stereocenters. The van der Waals surface area contributed by atoms with Gasteiger partial charge in [-0.3, -0.25) is 0 Å². The maximum absolute atomic E-state index is 6.85. The third-order valence-corrected chi connectivity index (χ3v) is 9.61. The molecular weight excluding hydrogens is 686 g/mol. The first-order chi connectivity index (χ1) is 22.9. The highest BCUT2D eigenvalue weighted by molar-refractivity contribution is 6.36. The molecule has 2 heterocycles. The summed E-state index contributed by atoms with van der Waals surface area (Å²) in [5, 5.41) is 2.09. The van der Waals surface area contributed by atoms with Gasteiger partial charge in [0, 0.05) is 56.9 Å². The summed E-state index contributed by atoms with van der Waals surface area (Å²) in [6, 6.07) is 18.2. The molecule has 0 N–H and O–H groups in total. The van der Waals surface area contributed by atoms with E-state index in [2.05, 4.69) is 0 Å². The van der Waals surface area contributed by atoms with Gasteiger partial charge in [0.05, 0.1) is 40.6 Å². The van der Waals surface area contributed by atoms with Crippen LogP contribution in [0, 0.1) is 0 Å². The van der Waals surface area contributed by atoms with Crippen molar-refractivity contribution in [1.82, 2.24) is 0 Å². The molecule has 0 aromatic heterocycles. The summed E-state index contributed by atoms with van der Waals surface area (Å²) in [4.78, 5) is 0. The SMILES string of the molecule is COc1ccc(Oc2ccc(OC)c(OC3CCOC3)c2Cc2c(Cl)cccc2Cl)c(Cc2c(Cl)cccc2Cl)c1OC1CCOC1. The van der Waals surface area contributed by atoms with E-state index in [0.717, 1.165) is 24.0 Å². The smallest absolute Gasteiger partial charge is 0.168 e. The second kappa shape index (κ2) is 15.5. The summed E-state index contributed by atoms with van der Waals surface area (Å²) in [6.45, 7) is 2.16. The maximum Gasteiger partial charge on any atom is 0.168 e. The lowest BCUT2D eigenvalue weighted by Gasteiger charge is -2.24. The molecule has 47 heavy (non-hydrogen) atoms. The average Bonchev–Trinajstić information content (AvgIpc) is 3.78. The highest BCUT2D eigenvalue weighted by atomic mass is 35.5. The van der Waals surface area contributed by atoms with Crippen molar-refractivity contribution in [3.05, 3.63) is 103 Å². The first kappa shape index (κ1) is 33.8. The summed E-state index contributed by atoms with van der Waals surface area (Å²) < 4.78 is 42.8. The van der Waals surface area contributed by atoms with E-state index in [9.17, 15) is 0 Å². The zero-order chi connectivity index (χ0) is 32.9. The van der Waals surface area contributed by atoms with Crippen molar-refractivity contribution >= 4 is 46.4 Å². The van der Waals surface area contributed by atoms with E-state index in [1.54, 1.807) is 38.5 Å². The molecule has 0 spiro atoms. The van der Waals surface area contributed by atoms with Gasteiger partial charge in [0.1, 0.15) is 23.7 Å². The largest absolute Gasteiger partial charge is 0.493 e. The number of ether oxygens (including phenoxy) is 7. The van der Waals surface area contributed by atoms with E-state index in [1.807, 2.05) is 36.4 Å².